The molecular formula is C14H17NO2S. The van der Waals surface area contributed by atoms with Crippen LogP contribution < -0.4 is 4.74 Å². The van der Waals surface area contributed by atoms with Gasteiger partial charge in [-0.05, 0) is 24.0 Å². The second-order valence-corrected chi connectivity index (χ2v) is 5.69. The molecule has 0 unspecified atom stereocenters. The van der Waals surface area contributed by atoms with Gasteiger partial charge in [0.05, 0.1) is 25.9 Å². The Labute approximate surface area is 112 Å². The maximum absolute atomic E-state index is 9.06. The van der Waals surface area contributed by atoms with E-state index in [9.17, 15) is 0 Å². The van der Waals surface area contributed by atoms with Gasteiger partial charge in [-0.3, -0.25) is 0 Å². The molecule has 0 aromatic heterocycles. The number of thioether (sulfide) groups is 1. The predicted molar refractivity (Wildman–Crippen MR) is 72.7 cm³/mol. The zero-order chi connectivity index (χ0) is 13.0. The lowest BCUT2D eigenvalue weighted by molar-refractivity contribution is -0.0172. The van der Waals surface area contributed by atoms with Crippen molar-refractivity contribution in [2.24, 2.45) is 0 Å². The van der Waals surface area contributed by atoms with E-state index in [0.717, 1.165) is 24.2 Å². The average Bonchev–Trinajstić information content (AvgIpc) is 2.39. The molecule has 1 aromatic rings. The van der Waals surface area contributed by atoms with E-state index in [1.807, 2.05) is 30.5 Å². The molecule has 0 spiro atoms. The van der Waals surface area contributed by atoms with Crippen molar-refractivity contribution in [2.75, 3.05) is 13.4 Å². The molecule has 1 fully saturated rings. The first-order chi connectivity index (χ1) is 8.71. The van der Waals surface area contributed by atoms with Crippen LogP contribution >= 0.6 is 11.8 Å². The molecule has 0 aliphatic heterocycles. The number of benzene rings is 1. The Morgan fingerprint density at radius 1 is 1.39 bits per heavy atom. The van der Waals surface area contributed by atoms with E-state index in [1.54, 1.807) is 18.9 Å². The monoisotopic (exact) mass is 263 g/mol. The summed E-state index contributed by atoms with van der Waals surface area (Å²) >= 11 is 1.63. The van der Waals surface area contributed by atoms with Gasteiger partial charge in [-0.2, -0.15) is 5.26 Å². The third-order valence-corrected chi connectivity index (χ3v) is 4.56. The van der Waals surface area contributed by atoms with Gasteiger partial charge < -0.3 is 9.47 Å². The van der Waals surface area contributed by atoms with Crippen molar-refractivity contribution >= 4 is 11.8 Å². The SMILES string of the molecule is COc1ccc(COC2CC(C#N)(SC)C2)cc1. The number of rotatable bonds is 5. The van der Waals surface area contributed by atoms with E-state index >= 15 is 0 Å². The Hall–Kier alpha value is -1.18. The lowest BCUT2D eigenvalue weighted by Crippen LogP contribution is -2.44. The molecule has 3 nitrogen and oxygen atoms in total. The number of hydrogen-bond donors (Lipinski definition) is 0. The Bertz CT molecular complexity index is 432. The smallest absolute Gasteiger partial charge is 0.118 e. The van der Waals surface area contributed by atoms with Crippen molar-refractivity contribution in [1.29, 1.82) is 5.26 Å². The number of ether oxygens (including phenoxy) is 2. The highest BCUT2D eigenvalue weighted by atomic mass is 32.2. The van der Waals surface area contributed by atoms with E-state index in [-0.39, 0.29) is 10.9 Å². The third kappa shape index (κ3) is 2.80. The molecule has 96 valence electrons. The minimum absolute atomic E-state index is 0.204. The van der Waals surface area contributed by atoms with Gasteiger partial charge in [0.2, 0.25) is 0 Å². The van der Waals surface area contributed by atoms with Gasteiger partial charge in [-0.1, -0.05) is 12.1 Å². The summed E-state index contributed by atoms with van der Waals surface area (Å²) in [5.74, 6) is 0.855. The molecule has 0 radical (unpaired) electrons. The molecule has 0 bridgehead atoms. The normalized spacial score (nSPS) is 26.2. The zero-order valence-corrected chi connectivity index (χ0v) is 11.5. The van der Waals surface area contributed by atoms with Crippen molar-refractivity contribution in [1.82, 2.24) is 0 Å². The number of nitriles is 1. The van der Waals surface area contributed by atoms with Gasteiger partial charge in [-0.25, -0.2) is 0 Å². The Morgan fingerprint density at radius 3 is 2.56 bits per heavy atom. The van der Waals surface area contributed by atoms with Gasteiger partial charge in [0.25, 0.3) is 0 Å². The summed E-state index contributed by atoms with van der Waals surface area (Å²) in [5, 5.41) is 9.06. The second kappa shape index (κ2) is 5.64. The van der Waals surface area contributed by atoms with Crippen molar-refractivity contribution in [2.45, 2.75) is 30.3 Å². The van der Waals surface area contributed by atoms with Crippen LogP contribution in [-0.2, 0) is 11.3 Å². The average molecular weight is 263 g/mol. The van der Waals surface area contributed by atoms with Crippen LogP contribution in [0.5, 0.6) is 5.75 Å². The standard InChI is InChI=1S/C14H17NO2S/c1-16-12-5-3-11(4-6-12)9-17-13-7-14(8-13,10-15)18-2/h3-6,13H,7-9H2,1-2H3. The lowest BCUT2D eigenvalue weighted by Gasteiger charge is -2.40. The fourth-order valence-electron chi connectivity index (χ4n) is 2.03. The maximum atomic E-state index is 9.06. The van der Waals surface area contributed by atoms with Crippen molar-refractivity contribution in [3.05, 3.63) is 29.8 Å². The number of methoxy groups -OCH3 is 1. The zero-order valence-electron chi connectivity index (χ0n) is 10.7. The summed E-state index contributed by atoms with van der Waals surface area (Å²) in [5.41, 5.74) is 1.13. The van der Waals surface area contributed by atoms with E-state index < -0.39 is 0 Å². The molecule has 18 heavy (non-hydrogen) atoms. The largest absolute Gasteiger partial charge is 0.497 e. The topological polar surface area (TPSA) is 42.2 Å². The molecule has 1 aliphatic carbocycles. The summed E-state index contributed by atoms with van der Waals surface area (Å²) in [4.78, 5) is 0. The van der Waals surface area contributed by atoms with E-state index in [0.29, 0.717) is 6.61 Å². The van der Waals surface area contributed by atoms with E-state index in [2.05, 4.69) is 6.07 Å². The molecule has 1 aliphatic rings. The van der Waals surface area contributed by atoms with Crippen molar-refractivity contribution in [3.8, 4) is 11.8 Å². The Morgan fingerprint density at radius 2 is 2.06 bits per heavy atom. The van der Waals surface area contributed by atoms with Crippen LogP contribution in [0.25, 0.3) is 0 Å². The van der Waals surface area contributed by atoms with Crippen LogP contribution in [0.3, 0.4) is 0 Å². The fourth-order valence-corrected chi connectivity index (χ4v) is 2.83. The van der Waals surface area contributed by atoms with Crippen LogP contribution in [0.15, 0.2) is 24.3 Å². The summed E-state index contributed by atoms with van der Waals surface area (Å²) in [6.45, 7) is 0.602. The van der Waals surface area contributed by atoms with Gasteiger partial charge in [-0.15, -0.1) is 11.8 Å². The van der Waals surface area contributed by atoms with Crippen molar-refractivity contribution < 1.29 is 9.47 Å². The highest BCUT2D eigenvalue weighted by molar-refractivity contribution is 8.00. The van der Waals surface area contributed by atoms with Gasteiger partial charge in [0.15, 0.2) is 0 Å². The minimum atomic E-state index is -0.204. The maximum Gasteiger partial charge on any atom is 0.118 e. The summed E-state index contributed by atoms with van der Waals surface area (Å²) in [6.07, 6.45) is 3.88. The van der Waals surface area contributed by atoms with Crippen molar-refractivity contribution in [3.63, 3.8) is 0 Å². The molecule has 0 heterocycles. The Balaban J connectivity index is 1.78. The fraction of sp³-hybridized carbons (Fsp3) is 0.500. The molecule has 0 saturated heterocycles. The first-order valence-corrected chi connectivity index (χ1v) is 7.15. The van der Waals surface area contributed by atoms with Crippen LogP contribution in [0.2, 0.25) is 0 Å². The first-order valence-electron chi connectivity index (χ1n) is 5.92. The summed E-state index contributed by atoms with van der Waals surface area (Å²) in [6, 6.07) is 10.2. The van der Waals surface area contributed by atoms with Crippen LogP contribution in [0, 0.1) is 11.3 Å². The van der Waals surface area contributed by atoms with Gasteiger partial charge in [0.1, 0.15) is 10.5 Å². The molecule has 0 amide bonds. The predicted octanol–water partition coefficient (Wildman–Crippen LogP) is 3.00. The van der Waals surface area contributed by atoms with Crippen LogP contribution in [0.4, 0.5) is 0 Å². The molecule has 2 rings (SSSR count). The van der Waals surface area contributed by atoms with E-state index in [4.69, 9.17) is 14.7 Å². The first kappa shape index (κ1) is 13.3. The van der Waals surface area contributed by atoms with Gasteiger partial charge in [0, 0.05) is 12.8 Å². The third-order valence-electron chi connectivity index (χ3n) is 3.35. The lowest BCUT2D eigenvalue weighted by atomic mass is 9.82. The quantitative estimate of drug-likeness (QED) is 0.819. The van der Waals surface area contributed by atoms with Gasteiger partial charge >= 0.3 is 0 Å². The number of nitrogens with zero attached hydrogens (tertiary/aromatic N) is 1. The van der Waals surface area contributed by atoms with E-state index in [1.165, 1.54) is 0 Å². The van der Waals surface area contributed by atoms with Crippen LogP contribution in [-0.4, -0.2) is 24.2 Å². The molecule has 1 saturated carbocycles. The molecule has 1 aromatic carbocycles. The Kier molecular flexibility index (Phi) is 4.15. The molecule has 0 atom stereocenters. The second-order valence-electron chi connectivity index (χ2n) is 4.50. The van der Waals surface area contributed by atoms with Crippen LogP contribution in [0.1, 0.15) is 18.4 Å². The minimum Gasteiger partial charge on any atom is -0.497 e. The summed E-state index contributed by atoms with van der Waals surface area (Å²) in [7, 11) is 1.66. The number of hydrogen-bond acceptors (Lipinski definition) is 4. The molecular weight excluding hydrogens is 246 g/mol. The highest BCUT2D eigenvalue weighted by Crippen LogP contribution is 2.44. The molecule has 0 N–H and O–H groups in total. The summed E-state index contributed by atoms with van der Waals surface area (Å²) < 4.78 is 10.7. The molecule has 4 heteroatoms. The highest BCUT2D eigenvalue weighted by Gasteiger charge is 2.44.